The summed E-state index contributed by atoms with van der Waals surface area (Å²) in [7, 11) is 3.10. The lowest BCUT2D eigenvalue weighted by atomic mass is 10.2. The van der Waals surface area contributed by atoms with E-state index in [0.29, 0.717) is 22.6 Å². The Kier molecular flexibility index (Phi) is 5.08. The molecule has 114 valence electrons. The highest BCUT2D eigenvalue weighted by molar-refractivity contribution is 5.94. The first-order valence-electron chi connectivity index (χ1n) is 6.44. The van der Waals surface area contributed by atoms with Gasteiger partial charge in [-0.25, -0.2) is 9.82 Å². The van der Waals surface area contributed by atoms with Crippen LogP contribution in [-0.4, -0.2) is 26.3 Å². The molecular formula is C16H15FN2O3. The summed E-state index contributed by atoms with van der Waals surface area (Å²) in [6, 6.07) is 10.4. The van der Waals surface area contributed by atoms with Crippen LogP contribution >= 0.6 is 0 Å². The van der Waals surface area contributed by atoms with Crippen molar-refractivity contribution in [1.29, 1.82) is 0 Å². The van der Waals surface area contributed by atoms with Crippen molar-refractivity contribution in [2.75, 3.05) is 14.2 Å². The summed E-state index contributed by atoms with van der Waals surface area (Å²) in [6.45, 7) is 0. The number of hydrogen-bond acceptors (Lipinski definition) is 4. The summed E-state index contributed by atoms with van der Waals surface area (Å²) in [5.41, 5.74) is 3.39. The monoisotopic (exact) mass is 302 g/mol. The quantitative estimate of drug-likeness (QED) is 0.682. The van der Waals surface area contributed by atoms with E-state index in [2.05, 4.69) is 10.5 Å². The molecule has 1 amide bonds. The summed E-state index contributed by atoms with van der Waals surface area (Å²) in [4.78, 5) is 11.8. The van der Waals surface area contributed by atoms with E-state index in [-0.39, 0.29) is 0 Å². The molecule has 0 aliphatic rings. The first-order valence-corrected chi connectivity index (χ1v) is 6.44. The van der Waals surface area contributed by atoms with Crippen LogP contribution in [0.4, 0.5) is 4.39 Å². The lowest BCUT2D eigenvalue weighted by Crippen LogP contribution is -2.17. The van der Waals surface area contributed by atoms with Crippen molar-refractivity contribution in [1.82, 2.24) is 5.43 Å². The number of nitrogens with one attached hydrogen (secondary N) is 1. The van der Waals surface area contributed by atoms with Crippen molar-refractivity contribution < 1.29 is 18.7 Å². The zero-order chi connectivity index (χ0) is 15.9. The van der Waals surface area contributed by atoms with E-state index in [4.69, 9.17) is 9.47 Å². The van der Waals surface area contributed by atoms with Crippen molar-refractivity contribution in [3.63, 3.8) is 0 Å². The number of carbonyl (C=O) groups is 1. The lowest BCUT2D eigenvalue weighted by Gasteiger charge is -2.05. The molecule has 0 saturated heterocycles. The molecule has 0 aliphatic carbocycles. The number of hydrogen-bond donors (Lipinski definition) is 1. The number of benzene rings is 2. The van der Waals surface area contributed by atoms with Gasteiger partial charge in [-0.15, -0.1) is 0 Å². The maximum Gasteiger partial charge on any atom is 0.271 e. The third-order valence-electron chi connectivity index (χ3n) is 2.86. The lowest BCUT2D eigenvalue weighted by molar-refractivity contribution is 0.0955. The molecule has 2 aromatic rings. The fourth-order valence-electron chi connectivity index (χ4n) is 1.74. The van der Waals surface area contributed by atoms with Crippen molar-refractivity contribution in [2.45, 2.75) is 0 Å². The average molecular weight is 302 g/mol. The van der Waals surface area contributed by atoms with E-state index in [1.54, 1.807) is 32.4 Å². The van der Waals surface area contributed by atoms with Crippen molar-refractivity contribution >= 4 is 12.1 Å². The van der Waals surface area contributed by atoms with Gasteiger partial charge >= 0.3 is 0 Å². The summed E-state index contributed by atoms with van der Waals surface area (Å²) in [5, 5.41) is 3.86. The molecule has 22 heavy (non-hydrogen) atoms. The molecule has 0 saturated carbocycles. The van der Waals surface area contributed by atoms with Gasteiger partial charge in [0, 0.05) is 17.2 Å². The Morgan fingerprint density at radius 1 is 1.09 bits per heavy atom. The number of hydrazone groups is 1. The van der Waals surface area contributed by atoms with Gasteiger partial charge in [0.25, 0.3) is 5.91 Å². The minimum Gasteiger partial charge on any atom is -0.497 e. The van der Waals surface area contributed by atoms with Gasteiger partial charge in [-0.05, 0) is 36.4 Å². The first-order chi connectivity index (χ1) is 10.6. The molecule has 2 aromatic carbocycles. The standard InChI is InChI=1S/C16H15FN2O3/c1-21-14-7-11(8-15(9-14)22-2)10-18-19-16(20)12-3-5-13(17)6-4-12/h3-10H,1-2H3,(H,19,20)/b18-10+. The van der Waals surface area contributed by atoms with Crippen LogP contribution in [0.25, 0.3) is 0 Å². The second-order valence-corrected chi connectivity index (χ2v) is 4.35. The normalized spacial score (nSPS) is 10.5. The van der Waals surface area contributed by atoms with Gasteiger partial charge in [0.15, 0.2) is 0 Å². The Morgan fingerprint density at radius 2 is 1.68 bits per heavy atom. The van der Waals surface area contributed by atoms with Gasteiger partial charge in [-0.3, -0.25) is 4.79 Å². The van der Waals surface area contributed by atoms with E-state index < -0.39 is 11.7 Å². The number of carbonyl (C=O) groups excluding carboxylic acids is 1. The van der Waals surface area contributed by atoms with E-state index in [1.807, 2.05) is 0 Å². The number of methoxy groups -OCH3 is 2. The highest BCUT2D eigenvalue weighted by Gasteiger charge is 2.04. The molecule has 5 nitrogen and oxygen atoms in total. The van der Waals surface area contributed by atoms with Crippen LogP contribution in [0.5, 0.6) is 11.5 Å². The molecule has 2 rings (SSSR count). The predicted octanol–water partition coefficient (Wildman–Crippen LogP) is 2.61. The molecule has 0 atom stereocenters. The molecule has 0 fully saturated rings. The zero-order valence-corrected chi connectivity index (χ0v) is 12.2. The Morgan fingerprint density at radius 3 is 2.23 bits per heavy atom. The Bertz CT molecular complexity index is 662. The molecule has 0 radical (unpaired) electrons. The maximum atomic E-state index is 12.8. The second-order valence-electron chi connectivity index (χ2n) is 4.35. The largest absolute Gasteiger partial charge is 0.497 e. The van der Waals surface area contributed by atoms with Gasteiger partial charge < -0.3 is 9.47 Å². The zero-order valence-electron chi connectivity index (χ0n) is 12.2. The van der Waals surface area contributed by atoms with E-state index >= 15 is 0 Å². The Labute approximate surface area is 127 Å². The van der Waals surface area contributed by atoms with E-state index in [0.717, 1.165) is 0 Å². The van der Waals surface area contributed by atoms with E-state index in [1.165, 1.54) is 30.5 Å². The van der Waals surface area contributed by atoms with E-state index in [9.17, 15) is 9.18 Å². The van der Waals surface area contributed by atoms with Crippen LogP contribution in [0.3, 0.4) is 0 Å². The molecule has 1 N–H and O–H groups in total. The number of ether oxygens (including phenoxy) is 2. The average Bonchev–Trinajstić information content (AvgIpc) is 2.55. The van der Waals surface area contributed by atoms with Crippen LogP contribution in [0.2, 0.25) is 0 Å². The van der Waals surface area contributed by atoms with Crippen LogP contribution in [0.15, 0.2) is 47.6 Å². The van der Waals surface area contributed by atoms with Crippen LogP contribution < -0.4 is 14.9 Å². The predicted molar refractivity (Wildman–Crippen MR) is 81.0 cm³/mol. The van der Waals surface area contributed by atoms with Gasteiger partial charge in [0.2, 0.25) is 0 Å². The molecule has 0 aliphatic heterocycles. The maximum absolute atomic E-state index is 12.8. The van der Waals surface area contributed by atoms with Gasteiger partial charge in [0.05, 0.1) is 20.4 Å². The highest BCUT2D eigenvalue weighted by Crippen LogP contribution is 2.21. The van der Waals surface area contributed by atoms with Crippen LogP contribution in [-0.2, 0) is 0 Å². The van der Waals surface area contributed by atoms with Gasteiger partial charge in [0.1, 0.15) is 17.3 Å². The molecule has 0 heterocycles. The minimum absolute atomic E-state index is 0.321. The minimum atomic E-state index is -0.425. The smallest absolute Gasteiger partial charge is 0.271 e. The molecule has 0 bridgehead atoms. The summed E-state index contributed by atoms with van der Waals surface area (Å²) in [5.74, 6) is 0.408. The summed E-state index contributed by atoms with van der Waals surface area (Å²) >= 11 is 0. The van der Waals surface area contributed by atoms with Gasteiger partial charge in [-0.2, -0.15) is 5.10 Å². The topological polar surface area (TPSA) is 59.9 Å². The second kappa shape index (κ2) is 7.21. The van der Waals surface area contributed by atoms with Gasteiger partial charge in [-0.1, -0.05) is 0 Å². The molecule has 0 spiro atoms. The summed E-state index contributed by atoms with van der Waals surface area (Å²) < 4.78 is 23.1. The van der Waals surface area contributed by atoms with Crippen molar-refractivity contribution in [2.24, 2.45) is 5.10 Å². The van der Waals surface area contributed by atoms with Crippen molar-refractivity contribution in [3.05, 3.63) is 59.4 Å². The first kappa shape index (κ1) is 15.5. The Balaban J connectivity index is 2.05. The number of halogens is 1. The SMILES string of the molecule is COc1cc(/C=N/NC(=O)c2ccc(F)cc2)cc(OC)c1. The molecule has 0 unspecified atom stereocenters. The third-order valence-corrected chi connectivity index (χ3v) is 2.86. The summed E-state index contributed by atoms with van der Waals surface area (Å²) in [6.07, 6.45) is 1.46. The van der Waals surface area contributed by atoms with Crippen LogP contribution in [0, 0.1) is 5.82 Å². The third kappa shape index (κ3) is 4.05. The van der Waals surface area contributed by atoms with Crippen LogP contribution in [0.1, 0.15) is 15.9 Å². The number of amides is 1. The Hall–Kier alpha value is -2.89. The number of nitrogens with zero attached hydrogens (tertiary/aromatic N) is 1. The number of rotatable bonds is 5. The molecule has 0 aromatic heterocycles. The highest BCUT2D eigenvalue weighted by atomic mass is 19.1. The molecule has 6 heteroatoms. The fourth-order valence-corrected chi connectivity index (χ4v) is 1.74. The molecular weight excluding hydrogens is 287 g/mol. The van der Waals surface area contributed by atoms with Crippen molar-refractivity contribution in [3.8, 4) is 11.5 Å². The fraction of sp³-hybridized carbons (Fsp3) is 0.125.